The topological polar surface area (TPSA) is 138 Å². The highest BCUT2D eigenvalue weighted by Crippen LogP contribution is 2.54. The molecule has 2 unspecified atom stereocenters. The third kappa shape index (κ3) is 7.12. The van der Waals surface area contributed by atoms with E-state index in [2.05, 4.69) is 4.74 Å². The van der Waals surface area contributed by atoms with Gasteiger partial charge in [-0.05, 0) is 23.3 Å². The van der Waals surface area contributed by atoms with Gasteiger partial charge in [-0.25, -0.2) is 0 Å². The van der Waals surface area contributed by atoms with Crippen molar-refractivity contribution in [3.8, 4) is 0 Å². The number of hydrogen-bond donors (Lipinski definition) is 1. The Morgan fingerprint density at radius 3 is 1.65 bits per heavy atom. The number of halogens is 6. The number of methoxy groups -OCH3 is 1. The van der Waals surface area contributed by atoms with Crippen LogP contribution in [0, 0.1) is 20.2 Å². The summed E-state index contributed by atoms with van der Waals surface area (Å²) in [6.45, 7) is -0.970. The summed E-state index contributed by atoms with van der Waals surface area (Å²) in [6.07, 6.45) is -6.99. The first-order valence-electron chi connectivity index (χ1n) is 16.1. The number of ether oxygens (including phenoxy) is 2. The van der Waals surface area contributed by atoms with Gasteiger partial charge < -0.3 is 23.7 Å². The molecule has 0 aliphatic carbocycles. The maximum atomic E-state index is 13.7. The number of rotatable bonds is 10. The number of aromatic nitrogens is 2. The van der Waals surface area contributed by atoms with Crippen molar-refractivity contribution in [3.05, 3.63) is 152 Å². The second kappa shape index (κ2) is 14.2. The van der Waals surface area contributed by atoms with E-state index in [0.29, 0.717) is 17.4 Å². The fraction of sp³-hybridized carbons (Fsp3) is 0.243. The molecule has 1 aliphatic heterocycles. The van der Waals surface area contributed by atoms with E-state index >= 15 is 0 Å². The molecule has 0 bridgehead atoms. The molecule has 2 atom stereocenters. The number of nitrogens with zero attached hydrogens (tertiary/aromatic N) is 4. The van der Waals surface area contributed by atoms with Crippen LogP contribution in [-0.4, -0.2) is 56.8 Å². The number of non-ortho nitro benzene ring substituents is 2. The third-order valence-corrected chi connectivity index (χ3v) is 9.14. The molecule has 282 valence electrons. The maximum Gasteiger partial charge on any atom is 0.424 e. The number of nitro groups is 2. The van der Waals surface area contributed by atoms with E-state index in [1.807, 2.05) is 30.3 Å². The summed E-state index contributed by atoms with van der Waals surface area (Å²) in [5, 5.41) is 33.1. The van der Waals surface area contributed by atoms with Crippen LogP contribution >= 0.6 is 0 Å². The van der Waals surface area contributed by atoms with Gasteiger partial charge in [-0.1, -0.05) is 60.7 Å². The van der Waals surface area contributed by atoms with Crippen molar-refractivity contribution in [2.75, 3.05) is 20.3 Å². The smallest absolute Gasteiger partial charge is 0.381 e. The molecule has 4 aromatic carbocycles. The minimum atomic E-state index is -5.00. The van der Waals surface area contributed by atoms with Crippen LogP contribution in [0.3, 0.4) is 0 Å². The average molecular weight is 757 g/mol. The van der Waals surface area contributed by atoms with Gasteiger partial charge in [-0.15, -0.1) is 0 Å². The zero-order chi connectivity index (χ0) is 39.1. The van der Waals surface area contributed by atoms with Crippen molar-refractivity contribution < 1.29 is 50.8 Å². The first-order chi connectivity index (χ1) is 25.5. The Labute approximate surface area is 301 Å². The van der Waals surface area contributed by atoms with Crippen molar-refractivity contribution in [2.45, 2.75) is 36.6 Å². The van der Waals surface area contributed by atoms with Crippen LogP contribution < -0.4 is 0 Å². The van der Waals surface area contributed by atoms with Crippen LogP contribution in [0.4, 0.5) is 37.7 Å². The molecule has 0 spiro atoms. The normalized spacial score (nSPS) is 16.8. The van der Waals surface area contributed by atoms with E-state index in [1.54, 1.807) is 34.9 Å². The molecule has 2 aromatic heterocycles. The predicted octanol–water partition coefficient (Wildman–Crippen LogP) is 8.38. The molecular formula is C37H30F6N4O7. The molecule has 54 heavy (non-hydrogen) atoms. The molecular weight excluding hydrogens is 726 g/mol. The molecule has 1 fully saturated rings. The highest BCUT2D eigenvalue weighted by molar-refractivity contribution is 5.88. The van der Waals surface area contributed by atoms with Crippen LogP contribution in [-0.2, 0) is 33.8 Å². The van der Waals surface area contributed by atoms with Gasteiger partial charge >= 0.3 is 12.4 Å². The second-order valence-corrected chi connectivity index (χ2v) is 12.6. The lowest BCUT2D eigenvalue weighted by molar-refractivity contribution is -0.384. The largest absolute Gasteiger partial charge is 0.424 e. The minimum absolute atomic E-state index is 0.00849. The summed E-state index contributed by atoms with van der Waals surface area (Å²) in [5.74, 6) is 0. The monoisotopic (exact) mass is 756 g/mol. The molecule has 6 aromatic rings. The van der Waals surface area contributed by atoms with Crippen LogP contribution in [0.15, 0.2) is 109 Å². The average Bonchev–Trinajstić information content (AvgIpc) is 3.77. The molecule has 1 N–H and O–H groups in total. The van der Waals surface area contributed by atoms with E-state index in [0.717, 1.165) is 24.3 Å². The van der Waals surface area contributed by atoms with Gasteiger partial charge in [-0.3, -0.25) is 20.2 Å². The standard InChI is InChI=1S/C19H17F3N2O4.C18H13F3N2O3/c1-28-12-18(25,19(20,21)22)16-11-23(10-13-5-3-2-4-6-13)17-9-14(24(26)27)7-8-15(16)17;19-18(20,21)17(11-26-17)15-10-22(9-12-4-2-1-3-5-12)16-8-13(23(24)25)6-7-14(15)16/h2-9,11,25H,10,12H2,1H3;1-8,10H,9,11H2. The van der Waals surface area contributed by atoms with Crippen LogP contribution in [0.25, 0.3) is 21.8 Å². The molecule has 17 heteroatoms. The molecule has 0 amide bonds. The fourth-order valence-electron chi connectivity index (χ4n) is 6.33. The lowest BCUT2D eigenvalue weighted by Gasteiger charge is -2.29. The van der Waals surface area contributed by atoms with Crippen LogP contribution in [0.5, 0.6) is 0 Å². The van der Waals surface area contributed by atoms with E-state index in [1.165, 1.54) is 47.3 Å². The molecule has 1 aliphatic rings. The van der Waals surface area contributed by atoms with Crippen molar-refractivity contribution in [1.82, 2.24) is 9.13 Å². The highest BCUT2D eigenvalue weighted by Gasteiger charge is 2.68. The summed E-state index contributed by atoms with van der Waals surface area (Å²) in [4.78, 5) is 21.0. The Morgan fingerprint density at radius 2 is 1.22 bits per heavy atom. The molecule has 0 saturated carbocycles. The van der Waals surface area contributed by atoms with Gasteiger partial charge in [0.25, 0.3) is 11.4 Å². The highest BCUT2D eigenvalue weighted by atomic mass is 19.4. The lowest BCUT2D eigenvalue weighted by Crippen LogP contribution is -2.46. The summed E-state index contributed by atoms with van der Waals surface area (Å²) in [7, 11) is 1.06. The zero-order valence-electron chi connectivity index (χ0n) is 28.2. The summed E-state index contributed by atoms with van der Waals surface area (Å²) < 4.78 is 94.2. The Hall–Kier alpha value is -5.78. The zero-order valence-corrected chi connectivity index (χ0v) is 28.2. The predicted molar refractivity (Wildman–Crippen MR) is 184 cm³/mol. The number of alkyl halides is 6. The number of aliphatic hydroxyl groups is 1. The van der Waals surface area contributed by atoms with Gasteiger partial charge in [0.05, 0.1) is 34.1 Å². The van der Waals surface area contributed by atoms with Gasteiger partial charge in [0.1, 0.15) is 0 Å². The van der Waals surface area contributed by atoms with Gasteiger partial charge in [0.15, 0.2) is 0 Å². The van der Waals surface area contributed by atoms with Crippen molar-refractivity contribution in [1.29, 1.82) is 0 Å². The van der Waals surface area contributed by atoms with E-state index in [-0.39, 0.29) is 34.4 Å². The van der Waals surface area contributed by atoms with Crippen molar-refractivity contribution in [2.24, 2.45) is 0 Å². The number of fused-ring (bicyclic) bond motifs is 2. The molecule has 11 nitrogen and oxygen atoms in total. The molecule has 7 rings (SSSR count). The van der Waals surface area contributed by atoms with Crippen molar-refractivity contribution in [3.63, 3.8) is 0 Å². The maximum absolute atomic E-state index is 13.7. The number of nitro benzene ring substituents is 2. The van der Waals surface area contributed by atoms with E-state index in [4.69, 9.17) is 4.74 Å². The lowest BCUT2D eigenvalue weighted by atomic mass is 9.93. The molecule has 3 heterocycles. The number of epoxide rings is 1. The minimum Gasteiger partial charge on any atom is -0.381 e. The Kier molecular flexibility index (Phi) is 10.00. The molecule has 0 radical (unpaired) electrons. The van der Waals surface area contributed by atoms with Gasteiger partial charge in [0, 0.05) is 78.8 Å². The summed E-state index contributed by atoms with van der Waals surface area (Å²) in [6, 6.07) is 25.5. The van der Waals surface area contributed by atoms with Crippen molar-refractivity contribution >= 4 is 33.2 Å². The Bertz CT molecular complexity index is 2320. The third-order valence-electron chi connectivity index (χ3n) is 9.14. The summed E-state index contributed by atoms with van der Waals surface area (Å²) in [5.41, 5.74) is -4.18. The molecule has 1 saturated heterocycles. The van der Waals surface area contributed by atoms with Gasteiger partial charge in [0.2, 0.25) is 11.2 Å². The first kappa shape index (κ1) is 38.0. The van der Waals surface area contributed by atoms with Crippen LogP contribution in [0.2, 0.25) is 0 Å². The van der Waals surface area contributed by atoms with E-state index < -0.39 is 52.2 Å². The summed E-state index contributed by atoms with van der Waals surface area (Å²) >= 11 is 0. The fourth-order valence-corrected chi connectivity index (χ4v) is 6.33. The second-order valence-electron chi connectivity index (χ2n) is 12.6. The first-order valence-corrected chi connectivity index (χ1v) is 16.1. The van der Waals surface area contributed by atoms with Crippen LogP contribution in [0.1, 0.15) is 22.3 Å². The number of hydrogen-bond acceptors (Lipinski definition) is 7. The van der Waals surface area contributed by atoms with E-state index in [9.17, 15) is 51.7 Å². The Balaban J connectivity index is 0.000000185. The Morgan fingerprint density at radius 1 is 0.759 bits per heavy atom. The quantitative estimate of drug-likeness (QED) is 0.0642. The SMILES string of the molecule is COCC(O)(c1cn(Cc2ccccc2)c2cc([N+](=O)[O-])ccc12)C(F)(F)F.O=[N+]([O-])c1ccc2c(C3(C(F)(F)F)CO3)cn(Cc3ccccc3)c2c1. The van der Waals surface area contributed by atoms with Gasteiger partial charge in [-0.2, -0.15) is 26.3 Å². The number of benzene rings is 4.